The molecule has 0 radical (unpaired) electrons. The van der Waals surface area contributed by atoms with Crippen LogP contribution in [0.15, 0.2) is 0 Å². The molecule has 0 N–H and O–H groups in total. The lowest BCUT2D eigenvalue weighted by Crippen LogP contribution is -2.36. The van der Waals surface area contributed by atoms with Crippen LogP contribution in [0.2, 0.25) is 0 Å². The van der Waals surface area contributed by atoms with Crippen LogP contribution >= 0.6 is 0 Å². The summed E-state index contributed by atoms with van der Waals surface area (Å²) in [6, 6.07) is 0. The molecule has 0 atom stereocenters. The van der Waals surface area contributed by atoms with Crippen LogP contribution in [0.25, 0.3) is 0 Å². The summed E-state index contributed by atoms with van der Waals surface area (Å²) in [5.41, 5.74) is 0. The van der Waals surface area contributed by atoms with Gasteiger partial charge in [-0.05, 0) is 12.8 Å². The van der Waals surface area contributed by atoms with Crippen LogP contribution in [-0.4, -0.2) is 25.4 Å². The molecule has 1 saturated carbocycles. The molecule has 2 fully saturated rings. The maximum atomic E-state index is 12.3. The molecule has 0 amide bonds. The molecule has 2 aliphatic rings. The Hall–Kier alpha value is -0.220. The minimum Gasteiger partial charge on any atom is -0.348 e. The van der Waals surface area contributed by atoms with Crippen LogP contribution in [0.1, 0.15) is 25.7 Å². The molecule has 0 aromatic carbocycles. The highest BCUT2D eigenvalue weighted by atomic mass is 19.3. The molecular formula is C9H14F2O2. The Morgan fingerprint density at radius 3 is 2.08 bits per heavy atom. The van der Waals surface area contributed by atoms with Gasteiger partial charge in [-0.25, -0.2) is 8.78 Å². The molecule has 1 spiro atoms. The quantitative estimate of drug-likeness (QED) is 0.634. The highest BCUT2D eigenvalue weighted by molar-refractivity contribution is 4.83. The lowest BCUT2D eigenvalue weighted by Gasteiger charge is -2.34. The topological polar surface area (TPSA) is 18.5 Å². The minimum absolute atomic E-state index is 0.446. The van der Waals surface area contributed by atoms with Gasteiger partial charge in [0.15, 0.2) is 5.79 Å². The van der Waals surface area contributed by atoms with Gasteiger partial charge in [0.25, 0.3) is 0 Å². The number of hydrogen-bond donors (Lipinski definition) is 0. The highest BCUT2D eigenvalue weighted by Gasteiger charge is 2.42. The molecule has 1 saturated heterocycles. The molecule has 2 rings (SSSR count). The number of hydrogen-bond acceptors (Lipinski definition) is 2. The van der Waals surface area contributed by atoms with Crippen LogP contribution in [-0.2, 0) is 9.47 Å². The largest absolute Gasteiger partial charge is 0.348 e. The second kappa shape index (κ2) is 3.50. The second-order valence-electron chi connectivity index (χ2n) is 3.78. The first-order valence-electron chi connectivity index (χ1n) is 4.78. The molecule has 0 unspecified atom stereocenters. The van der Waals surface area contributed by atoms with E-state index in [9.17, 15) is 8.78 Å². The molecule has 13 heavy (non-hydrogen) atoms. The van der Waals surface area contributed by atoms with Gasteiger partial charge >= 0.3 is 0 Å². The third-order valence-electron chi connectivity index (χ3n) is 2.96. The SMILES string of the molecule is FC(F)C1CCC2(CC1)OCCO2. The first kappa shape index (κ1) is 9.34. The Balaban J connectivity index is 1.88. The zero-order valence-corrected chi connectivity index (χ0v) is 7.47. The van der Waals surface area contributed by atoms with Gasteiger partial charge in [-0.15, -0.1) is 0 Å². The summed E-state index contributed by atoms with van der Waals surface area (Å²) in [5, 5.41) is 0. The van der Waals surface area contributed by atoms with Crippen LogP contribution in [0, 0.1) is 5.92 Å². The molecule has 4 heteroatoms. The third kappa shape index (κ3) is 1.83. The standard InChI is InChI=1S/C9H14F2O2/c10-8(11)7-1-3-9(4-2-7)12-5-6-13-9/h7-8H,1-6H2. The molecule has 2 nitrogen and oxygen atoms in total. The van der Waals surface area contributed by atoms with Crippen LogP contribution < -0.4 is 0 Å². The maximum Gasteiger partial charge on any atom is 0.241 e. The zero-order chi connectivity index (χ0) is 9.31. The normalized spacial score (nSPS) is 28.8. The summed E-state index contributed by atoms with van der Waals surface area (Å²) in [4.78, 5) is 0. The molecule has 0 aromatic heterocycles. The van der Waals surface area contributed by atoms with Crippen LogP contribution in [0.5, 0.6) is 0 Å². The fourth-order valence-electron chi connectivity index (χ4n) is 2.12. The summed E-state index contributed by atoms with van der Waals surface area (Å²) in [5.74, 6) is -0.941. The number of halogens is 2. The molecule has 1 heterocycles. The van der Waals surface area contributed by atoms with Crippen molar-refractivity contribution in [3.05, 3.63) is 0 Å². The Kier molecular flexibility index (Phi) is 2.51. The third-order valence-corrected chi connectivity index (χ3v) is 2.96. The van der Waals surface area contributed by atoms with Crippen LogP contribution in [0.4, 0.5) is 8.78 Å². The van der Waals surface area contributed by atoms with E-state index in [-0.39, 0.29) is 0 Å². The van der Waals surface area contributed by atoms with Gasteiger partial charge in [-0.1, -0.05) is 0 Å². The predicted octanol–water partition coefficient (Wildman–Crippen LogP) is 2.18. The van der Waals surface area contributed by atoms with E-state index in [4.69, 9.17) is 9.47 Å². The first-order chi connectivity index (χ1) is 6.22. The van der Waals surface area contributed by atoms with Crippen molar-refractivity contribution in [2.45, 2.75) is 37.9 Å². The fraction of sp³-hybridized carbons (Fsp3) is 1.00. The van der Waals surface area contributed by atoms with E-state index in [1.807, 2.05) is 0 Å². The molecular weight excluding hydrogens is 178 g/mol. The van der Waals surface area contributed by atoms with Crippen molar-refractivity contribution in [1.82, 2.24) is 0 Å². The Morgan fingerprint density at radius 1 is 1.08 bits per heavy atom. The number of ether oxygens (including phenoxy) is 2. The Labute approximate surface area is 76.2 Å². The van der Waals surface area contributed by atoms with Gasteiger partial charge in [0.1, 0.15) is 0 Å². The van der Waals surface area contributed by atoms with E-state index in [0.29, 0.717) is 38.9 Å². The Morgan fingerprint density at radius 2 is 1.62 bits per heavy atom. The molecule has 1 aliphatic heterocycles. The lowest BCUT2D eigenvalue weighted by atomic mass is 9.85. The maximum absolute atomic E-state index is 12.3. The van der Waals surface area contributed by atoms with Gasteiger partial charge < -0.3 is 9.47 Å². The monoisotopic (exact) mass is 192 g/mol. The van der Waals surface area contributed by atoms with E-state index < -0.39 is 18.1 Å². The average molecular weight is 192 g/mol. The molecule has 0 aromatic rings. The van der Waals surface area contributed by atoms with Crippen molar-refractivity contribution < 1.29 is 18.3 Å². The van der Waals surface area contributed by atoms with E-state index in [1.165, 1.54) is 0 Å². The van der Waals surface area contributed by atoms with Crippen LogP contribution in [0.3, 0.4) is 0 Å². The smallest absolute Gasteiger partial charge is 0.241 e. The van der Waals surface area contributed by atoms with Gasteiger partial charge in [-0.3, -0.25) is 0 Å². The first-order valence-corrected chi connectivity index (χ1v) is 4.78. The van der Waals surface area contributed by atoms with Gasteiger partial charge in [0.05, 0.1) is 13.2 Å². The number of rotatable bonds is 1. The molecule has 0 bridgehead atoms. The Bertz CT molecular complexity index is 168. The van der Waals surface area contributed by atoms with E-state index in [1.54, 1.807) is 0 Å². The minimum atomic E-state index is -2.18. The zero-order valence-electron chi connectivity index (χ0n) is 7.47. The van der Waals surface area contributed by atoms with Crippen molar-refractivity contribution in [2.24, 2.45) is 5.92 Å². The van der Waals surface area contributed by atoms with E-state index in [2.05, 4.69) is 0 Å². The fourth-order valence-corrected chi connectivity index (χ4v) is 2.12. The van der Waals surface area contributed by atoms with Crippen molar-refractivity contribution in [3.8, 4) is 0 Å². The summed E-state index contributed by atoms with van der Waals surface area (Å²) in [6.07, 6.45) is 0.123. The van der Waals surface area contributed by atoms with E-state index >= 15 is 0 Å². The van der Waals surface area contributed by atoms with Gasteiger partial charge in [0, 0.05) is 18.8 Å². The molecule has 76 valence electrons. The van der Waals surface area contributed by atoms with E-state index in [0.717, 1.165) is 0 Å². The second-order valence-corrected chi connectivity index (χ2v) is 3.78. The van der Waals surface area contributed by atoms with Crippen molar-refractivity contribution in [3.63, 3.8) is 0 Å². The summed E-state index contributed by atoms with van der Waals surface area (Å²) in [6.45, 7) is 1.22. The summed E-state index contributed by atoms with van der Waals surface area (Å²) < 4.78 is 35.5. The highest BCUT2D eigenvalue weighted by Crippen LogP contribution is 2.40. The summed E-state index contributed by atoms with van der Waals surface area (Å²) in [7, 11) is 0. The number of alkyl halides is 2. The van der Waals surface area contributed by atoms with Crippen molar-refractivity contribution in [2.75, 3.05) is 13.2 Å². The predicted molar refractivity (Wildman–Crippen MR) is 42.6 cm³/mol. The van der Waals surface area contributed by atoms with Crippen molar-refractivity contribution >= 4 is 0 Å². The lowest BCUT2D eigenvalue weighted by molar-refractivity contribution is -0.188. The summed E-state index contributed by atoms with van der Waals surface area (Å²) >= 11 is 0. The van der Waals surface area contributed by atoms with Gasteiger partial charge in [0.2, 0.25) is 6.43 Å². The van der Waals surface area contributed by atoms with Gasteiger partial charge in [-0.2, -0.15) is 0 Å². The van der Waals surface area contributed by atoms with Crippen molar-refractivity contribution in [1.29, 1.82) is 0 Å². The average Bonchev–Trinajstić information content (AvgIpc) is 2.54. The molecule has 1 aliphatic carbocycles.